The van der Waals surface area contributed by atoms with E-state index >= 15 is 0 Å². The van der Waals surface area contributed by atoms with Crippen molar-refractivity contribution in [3.63, 3.8) is 0 Å². The van der Waals surface area contributed by atoms with Crippen LogP contribution in [0.1, 0.15) is 23.4 Å². The second-order valence-electron chi connectivity index (χ2n) is 4.62. The lowest BCUT2D eigenvalue weighted by Gasteiger charge is -2.00. The predicted octanol–water partition coefficient (Wildman–Crippen LogP) is 2.90. The lowest BCUT2D eigenvalue weighted by Crippen LogP contribution is -2.14. The van der Waals surface area contributed by atoms with E-state index in [1.807, 2.05) is 6.92 Å². The Kier molecular flexibility index (Phi) is 3.09. The number of halogens is 1. The zero-order valence-electron chi connectivity index (χ0n) is 10.1. The molecule has 1 aliphatic rings. The molecular weight excluding hydrogens is 249 g/mol. The molecule has 1 heterocycles. The minimum absolute atomic E-state index is 0.233. The minimum atomic E-state index is -0.233. The summed E-state index contributed by atoms with van der Waals surface area (Å²) >= 11 is 1.53. The van der Waals surface area contributed by atoms with Crippen LogP contribution in [0.5, 0.6) is 0 Å². The summed E-state index contributed by atoms with van der Waals surface area (Å²) < 4.78 is 13.2. The monoisotopic (exact) mass is 263 g/mol. The highest BCUT2D eigenvalue weighted by Gasteiger charge is 2.20. The molecule has 18 heavy (non-hydrogen) atoms. The van der Waals surface area contributed by atoms with Crippen molar-refractivity contribution in [3.8, 4) is 10.6 Å². The third kappa shape index (κ3) is 2.57. The molecule has 3 rings (SSSR count). The van der Waals surface area contributed by atoms with E-state index in [1.54, 1.807) is 6.07 Å². The molecule has 94 valence electrons. The van der Waals surface area contributed by atoms with Crippen LogP contribution in [0.15, 0.2) is 18.2 Å². The zero-order valence-corrected chi connectivity index (χ0v) is 10.9. The average molecular weight is 263 g/mol. The van der Waals surface area contributed by atoms with Crippen molar-refractivity contribution in [1.29, 1.82) is 0 Å². The highest BCUT2D eigenvalue weighted by Crippen LogP contribution is 2.27. The molecule has 0 bridgehead atoms. The van der Waals surface area contributed by atoms with Crippen LogP contribution in [0.4, 0.5) is 4.39 Å². The van der Waals surface area contributed by atoms with Crippen molar-refractivity contribution in [2.75, 3.05) is 0 Å². The number of nitrogens with one attached hydrogen (secondary N) is 1. The van der Waals surface area contributed by atoms with Gasteiger partial charge in [0.25, 0.3) is 0 Å². The number of hydrogen-bond acceptors (Lipinski definition) is 4. The van der Waals surface area contributed by atoms with E-state index in [4.69, 9.17) is 0 Å². The average Bonchev–Trinajstić information content (AvgIpc) is 3.08. The van der Waals surface area contributed by atoms with Gasteiger partial charge in [0, 0.05) is 18.2 Å². The summed E-state index contributed by atoms with van der Waals surface area (Å²) in [4.78, 5) is 0. The maximum absolute atomic E-state index is 13.2. The van der Waals surface area contributed by atoms with Crippen LogP contribution in [-0.4, -0.2) is 16.2 Å². The molecule has 3 nitrogen and oxygen atoms in total. The van der Waals surface area contributed by atoms with Crippen LogP contribution in [0.3, 0.4) is 0 Å². The Morgan fingerprint density at radius 1 is 1.39 bits per heavy atom. The Labute approximate surface area is 109 Å². The van der Waals surface area contributed by atoms with Gasteiger partial charge in [0.15, 0.2) is 0 Å². The summed E-state index contributed by atoms with van der Waals surface area (Å²) in [7, 11) is 0. The molecule has 0 amide bonds. The first-order valence-electron chi connectivity index (χ1n) is 6.04. The molecule has 0 saturated heterocycles. The number of nitrogens with zero attached hydrogens (tertiary/aromatic N) is 2. The van der Waals surface area contributed by atoms with Gasteiger partial charge >= 0.3 is 0 Å². The molecule has 0 aliphatic heterocycles. The fraction of sp³-hybridized carbons (Fsp3) is 0.385. The SMILES string of the molecule is Cc1ccc(F)cc1-c1nnc(CNC2CC2)s1. The summed E-state index contributed by atoms with van der Waals surface area (Å²) in [5.41, 5.74) is 1.86. The maximum atomic E-state index is 13.2. The molecule has 2 aromatic rings. The first-order chi connectivity index (χ1) is 8.72. The van der Waals surface area contributed by atoms with Gasteiger partial charge in [0.1, 0.15) is 15.8 Å². The first-order valence-corrected chi connectivity index (χ1v) is 6.86. The van der Waals surface area contributed by atoms with Crippen LogP contribution in [0.2, 0.25) is 0 Å². The van der Waals surface area contributed by atoms with Gasteiger partial charge in [-0.3, -0.25) is 0 Å². The van der Waals surface area contributed by atoms with Gasteiger partial charge in [0.05, 0.1) is 0 Å². The van der Waals surface area contributed by atoms with Crippen LogP contribution in [-0.2, 0) is 6.54 Å². The Morgan fingerprint density at radius 3 is 3.00 bits per heavy atom. The second kappa shape index (κ2) is 4.74. The Morgan fingerprint density at radius 2 is 2.22 bits per heavy atom. The normalized spacial score (nSPS) is 15.0. The van der Waals surface area contributed by atoms with Crippen molar-refractivity contribution in [2.45, 2.75) is 32.4 Å². The van der Waals surface area contributed by atoms with Gasteiger partial charge in [-0.25, -0.2) is 4.39 Å². The molecule has 1 N–H and O–H groups in total. The highest BCUT2D eigenvalue weighted by molar-refractivity contribution is 7.14. The van der Waals surface area contributed by atoms with Gasteiger partial charge in [-0.15, -0.1) is 10.2 Å². The third-order valence-electron chi connectivity index (χ3n) is 3.02. The summed E-state index contributed by atoms with van der Waals surface area (Å²) in [5, 5.41) is 13.4. The number of aryl methyl sites for hydroxylation is 1. The molecule has 5 heteroatoms. The molecule has 1 fully saturated rings. The lowest BCUT2D eigenvalue weighted by molar-refractivity contribution is 0.628. The fourth-order valence-electron chi connectivity index (χ4n) is 1.78. The predicted molar refractivity (Wildman–Crippen MR) is 69.9 cm³/mol. The van der Waals surface area contributed by atoms with Gasteiger partial charge < -0.3 is 5.32 Å². The Bertz CT molecular complexity index is 563. The van der Waals surface area contributed by atoms with Crippen molar-refractivity contribution < 1.29 is 4.39 Å². The second-order valence-corrected chi connectivity index (χ2v) is 5.68. The van der Waals surface area contributed by atoms with E-state index in [0.29, 0.717) is 6.04 Å². The van der Waals surface area contributed by atoms with Gasteiger partial charge in [-0.05, 0) is 37.5 Å². The van der Waals surface area contributed by atoms with Crippen molar-refractivity contribution >= 4 is 11.3 Å². The van der Waals surface area contributed by atoms with Crippen LogP contribution < -0.4 is 5.32 Å². The molecular formula is C13H14FN3S. The van der Waals surface area contributed by atoms with Crippen molar-refractivity contribution in [3.05, 3.63) is 34.6 Å². The number of benzene rings is 1. The van der Waals surface area contributed by atoms with E-state index in [0.717, 1.165) is 27.7 Å². The summed E-state index contributed by atoms with van der Waals surface area (Å²) in [6, 6.07) is 5.42. The molecule has 0 spiro atoms. The van der Waals surface area contributed by atoms with E-state index in [2.05, 4.69) is 15.5 Å². The smallest absolute Gasteiger partial charge is 0.148 e. The fourth-order valence-corrected chi connectivity index (χ4v) is 2.65. The Hall–Kier alpha value is -1.33. The first kappa shape index (κ1) is 11.7. The van der Waals surface area contributed by atoms with Crippen molar-refractivity contribution in [2.24, 2.45) is 0 Å². The van der Waals surface area contributed by atoms with E-state index in [1.165, 1.54) is 36.3 Å². The van der Waals surface area contributed by atoms with Crippen molar-refractivity contribution in [1.82, 2.24) is 15.5 Å². The van der Waals surface area contributed by atoms with E-state index in [-0.39, 0.29) is 5.82 Å². The minimum Gasteiger partial charge on any atom is -0.308 e. The summed E-state index contributed by atoms with van der Waals surface area (Å²) in [6.45, 7) is 2.72. The third-order valence-corrected chi connectivity index (χ3v) is 3.97. The zero-order chi connectivity index (χ0) is 12.5. The number of hydrogen-bond donors (Lipinski definition) is 1. The number of aromatic nitrogens is 2. The molecule has 0 atom stereocenters. The summed E-state index contributed by atoms with van der Waals surface area (Å²) in [5.74, 6) is -0.233. The molecule has 1 aliphatic carbocycles. The van der Waals surface area contributed by atoms with Gasteiger partial charge in [-0.2, -0.15) is 0 Å². The van der Waals surface area contributed by atoms with Crippen LogP contribution >= 0.6 is 11.3 Å². The maximum Gasteiger partial charge on any atom is 0.148 e. The highest BCUT2D eigenvalue weighted by atomic mass is 32.1. The van der Waals surface area contributed by atoms with E-state index < -0.39 is 0 Å². The Balaban J connectivity index is 1.80. The van der Waals surface area contributed by atoms with Crippen LogP contribution in [0.25, 0.3) is 10.6 Å². The standard InChI is InChI=1S/C13H14FN3S/c1-8-2-3-9(14)6-11(8)13-17-16-12(18-13)7-15-10-4-5-10/h2-3,6,10,15H,4-5,7H2,1H3. The molecule has 0 radical (unpaired) electrons. The van der Waals surface area contributed by atoms with Crippen LogP contribution in [0, 0.1) is 12.7 Å². The van der Waals surface area contributed by atoms with E-state index in [9.17, 15) is 4.39 Å². The molecule has 0 unspecified atom stereocenters. The largest absolute Gasteiger partial charge is 0.308 e. The number of rotatable bonds is 4. The van der Waals surface area contributed by atoms with Gasteiger partial charge in [0.2, 0.25) is 0 Å². The molecule has 1 aromatic carbocycles. The lowest BCUT2D eigenvalue weighted by atomic mass is 10.1. The molecule has 1 aromatic heterocycles. The molecule has 1 saturated carbocycles. The summed E-state index contributed by atoms with van der Waals surface area (Å²) in [6.07, 6.45) is 2.52. The quantitative estimate of drug-likeness (QED) is 0.921. The topological polar surface area (TPSA) is 37.8 Å². The van der Waals surface area contributed by atoms with Gasteiger partial charge in [-0.1, -0.05) is 17.4 Å².